The summed E-state index contributed by atoms with van der Waals surface area (Å²) in [6.07, 6.45) is 6.57. The molecule has 3 N–H and O–H groups in total. The van der Waals surface area contributed by atoms with Gasteiger partial charge in [0.05, 0.1) is 23.6 Å². The van der Waals surface area contributed by atoms with Crippen LogP contribution in [0.3, 0.4) is 0 Å². The van der Waals surface area contributed by atoms with E-state index in [0.717, 1.165) is 18.7 Å². The van der Waals surface area contributed by atoms with Gasteiger partial charge in [0.25, 0.3) is 5.91 Å². The summed E-state index contributed by atoms with van der Waals surface area (Å²) in [6, 6.07) is 6.15. The van der Waals surface area contributed by atoms with Crippen LogP contribution in [0.5, 0.6) is 0 Å². The van der Waals surface area contributed by atoms with Gasteiger partial charge < -0.3 is 20.9 Å². The Bertz CT molecular complexity index is 1600. The Morgan fingerprint density at radius 3 is 2.77 bits per heavy atom. The number of likely N-dealkylation sites (tertiary alicyclic amines) is 1. The van der Waals surface area contributed by atoms with Crippen molar-refractivity contribution in [1.82, 2.24) is 29.8 Å². The Kier molecular flexibility index (Phi) is 6.92. The predicted octanol–water partition coefficient (Wildman–Crippen LogP) is 2.05. The van der Waals surface area contributed by atoms with Crippen LogP contribution in [0.4, 0.5) is 21.7 Å². The van der Waals surface area contributed by atoms with Crippen molar-refractivity contribution in [1.29, 1.82) is 0 Å². The number of aromatic nitrogens is 4. The van der Waals surface area contributed by atoms with Gasteiger partial charge >= 0.3 is 0 Å². The lowest BCUT2D eigenvalue weighted by Gasteiger charge is -2.32. The Hall–Kier alpha value is -5.25. The first-order chi connectivity index (χ1) is 18.9. The minimum absolute atomic E-state index is 0.0128. The van der Waals surface area contributed by atoms with Crippen molar-refractivity contribution in [3.05, 3.63) is 77.5 Å². The Morgan fingerprint density at radius 2 is 2.05 bits per heavy atom. The topological polar surface area (TPSA) is 137 Å². The van der Waals surface area contributed by atoms with Gasteiger partial charge in [0, 0.05) is 45.2 Å². The lowest BCUT2D eigenvalue weighted by molar-refractivity contribution is 0.0923. The molecule has 0 bridgehead atoms. The van der Waals surface area contributed by atoms with E-state index in [0.29, 0.717) is 35.8 Å². The zero-order valence-electron chi connectivity index (χ0n) is 21.1. The minimum Gasteiger partial charge on any atom is -0.385 e. The van der Waals surface area contributed by atoms with Gasteiger partial charge in [0.2, 0.25) is 0 Å². The third kappa shape index (κ3) is 4.87. The number of amides is 1. The molecule has 2 aliphatic rings. The summed E-state index contributed by atoms with van der Waals surface area (Å²) in [4.78, 5) is 48.2. The molecule has 1 saturated heterocycles. The number of hydrogen-bond donors (Lipinski definition) is 3. The molecule has 1 fully saturated rings. The summed E-state index contributed by atoms with van der Waals surface area (Å²) in [5, 5.41) is 13.3. The smallest absolute Gasteiger partial charge is 0.272 e. The van der Waals surface area contributed by atoms with Crippen molar-refractivity contribution in [2.75, 3.05) is 36.2 Å². The van der Waals surface area contributed by atoms with Crippen LogP contribution >= 0.6 is 0 Å². The number of nitrogens with zero attached hydrogens (tertiary/aromatic N) is 6. The monoisotopic (exact) mass is 529 g/mol. The molecule has 0 spiro atoms. The molecule has 0 unspecified atom stereocenters. The van der Waals surface area contributed by atoms with Crippen LogP contribution in [0, 0.1) is 0 Å². The molecule has 5 heterocycles. The molecule has 13 heteroatoms. The van der Waals surface area contributed by atoms with Crippen molar-refractivity contribution in [2.45, 2.75) is 18.9 Å². The molecule has 0 saturated carbocycles. The van der Waals surface area contributed by atoms with E-state index in [4.69, 9.17) is 0 Å². The van der Waals surface area contributed by atoms with Crippen LogP contribution in [0.1, 0.15) is 23.3 Å². The SMILES string of the molecule is CNc1cc(NC2=CC(F)=CN(c3ccccn3)C2=C=O)nn2c(C(=O)N[C@@H]3CCCN(C)C3=C=O)cnc12. The van der Waals surface area contributed by atoms with Crippen molar-refractivity contribution in [3.8, 4) is 0 Å². The second-order valence-corrected chi connectivity index (χ2v) is 8.85. The molecule has 1 amide bonds. The zero-order chi connectivity index (χ0) is 27.5. The minimum atomic E-state index is -0.628. The number of imidazole rings is 1. The van der Waals surface area contributed by atoms with E-state index in [1.165, 1.54) is 21.8 Å². The van der Waals surface area contributed by atoms with Crippen molar-refractivity contribution >= 4 is 40.8 Å². The Labute approximate surface area is 222 Å². The summed E-state index contributed by atoms with van der Waals surface area (Å²) < 4.78 is 15.9. The van der Waals surface area contributed by atoms with Gasteiger partial charge in [-0.15, -0.1) is 5.10 Å². The molecular formula is C26H24FN9O3. The first-order valence-corrected chi connectivity index (χ1v) is 12.1. The van der Waals surface area contributed by atoms with Crippen molar-refractivity contribution in [2.24, 2.45) is 0 Å². The van der Waals surface area contributed by atoms with E-state index in [1.807, 2.05) is 11.9 Å². The molecule has 3 aromatic rings. The molecule has 198 valence electrons. The van der Waals surface area contributed by atoms with Crippen LogP contribution < -0.4 is 20.9 Å². The summed E-state index contributed by atoms with van der Waals surface area (Å²) in [7, 11) is 3.45. The normalized spacial score (nSPS) is 17.3. The number of pyridine rings is 1. The predicted molar refractivity (Wildman–Crippen MR) is 142 cm³/mol. The number of anilines is 3. The van der Waals surface area contributed by atoms with Crippen molar-refractivity contribution < 1.29 is 18.8 Å². The van der Waals surface area contributed by atoms with Crippen LogP contribution in [-0.4, -0.2) is 69.0 Å². The summed E-state index contributed by atoms with van der Waals surface area (Å²) in [5.41, 5.74) is 1.45. The number of hydrogen-bond acceptors (Lipinski definition) is 10. The van der Waals surface area contributed by atoms with Gasteiger partial charge in [-0.3, -0.25) is 9.69 Å². The zero-order valence-corrected chi connectivity index (χ0v) is 21.1. The maximum absolute atomic E-state index is 14.6. The molecule has 2 aliphatic heterocycles. The first kappa shape index (κ1) is 25.4. The third-order valence-electron chi connectivity index (χ3n) is 6.39. The van der Waals surface area contributed by atoms with Gasteiger partial charge in [0.1, 0.15) is 23.3 Å². The van der Waals surface area contributed by atoms with Crippen molar-refractivity contribution in [3.63, 3.8) is 0 Å². The number of likely N-dealkylation sites (N-methyl/N-ethyl adjacent to an activating group) is 1. The lowest BCUT2D eigenvalue weighted by atomic mass is 10.0. The van der Waals surface area contributed by atoms with Gasteiger partial charge in [-0.25, -0.2) is 28.5 Å². The van der Waals surface area contributed by atoms with E-state index in [9.17, 15) is 18.8 Å². The van der Waals surface area contributed by atoms with E-state index in [1.54, 1.807) is 43.3 Å². The van der Waals surface area contributed by atoms with Gasteiger partial charge in [-0.2, -0.15) is 0 Å². The molecule has 12 nitrogen and oxygen atoms in total. The number of piperidine rings is 1. The van der Waals surface area contributed by atoms with Crippen LogP contribution in [-0.2, 0) is 9.59 Å². The highest BCUT2D eigenvalue weighted by Gasteiger charge is 2.28. The number of nitrogens with one attached hydrogen (secondary N) is 3. The van der Waals surface area contributed by atoms with Gasteiger partial charge in [-0.05, 0) is 25.0 Å². The number of halogens is 1. The fraction of sp³-hybridized carbons (Fsp3) is 0.231. The quantitative estimate of drug-likeness (QED) is 0.407. The molecule has 39 heavy (non-hydrogen) atoms. The first-order valence-electron chi connectivity index (χ1n) is 12.1. The van der Waals surface area contributed by atoms with E-state index < -0.39 is 17.8 Å². The van der Waals surface area contributed by atoms with Crippen LogP contribution in [0.15, 0.2) is 71.9 Å². The van der Waals surface area contributed by atoms with E-state index in [-0.39, 0.29) is 22.9 Å². The third-order valence-corrected chi connectivity index (χ3v) is 6.39. The average molecular weight is 530 g/mol. The number of fused-ring (bicyclic) bond motifs is 1. The number of carbonyl (C=O) groups is 1. The Morgan fingerprint density at radius 1 is 1.21 bits per heavy atom. The van der Waals surface area contributed by atoms with Gasteiger partial charge in [-0.1, -0.05) is 6.07 Å². The average Bonchev–Trinajstić information content (AvgIpc) is 3.37. The largest absolute Gasteiger partial charge is 0.385 e. The highest BCUT2D eigenvalue weighted by Crippen LogP contribution is 2.29. The molecule has 1 atom stereocenters. The number of rotatable bonds is 6. The summed E-state index contributed by atoms with van der Waals surface area (Å²) in [5.74, 6) is 3.17. The van der Waals surface area contributed by atoms with E-state index in [2.05, 4.69) is 31.0 Å². The number of allylic oxidation sites excluding steroid dienone is 2. The standard InChI is InChI=1S/C26H24FN9O3/c1-28-19-11-23(31-18-10-16(27)13-35(22(18)15-38)24-7-3-4-8-29-24)33-36-20(12-30-25(19)36)26(39)32-17-6-5-9-34(2)21(17)14-37/h3-4,7-8,10-13,17,28H,5-6,9H2,1-2H3,(H,31,33)(H,32,39)/t17-/m1/s1. The molecular weight excluding hydrogens is 505 g/mol. The maximum Gasteiger partial charge on any atom is 0.272 e. The van der Waals surface area contributed by atoms with Crippen LogP contribution in [0.25, 0.3) is 5.65 Å². The second-order valence-electron chi connectivity index (χ2n) is 8.85. The second kappa shape index (κ2) is 10.6. The Balaban J connectivity index is 1.48. The molecule has 3 aromatic heterocycles. The maximum atomic E-state index is 14.6. The van der Waals surface area contributed by atoms with E-state index >= 15 is 0 Å². The van der Waals surface area contributed by atoms with Crippen LogP contribution in [0.2, 0.25) is 0 Å². The molecule has 0 radical (unpaired) electrons. The molecule has 0 aromatic carbocycles. The van der Waals surface area contributed by atoms with Gasteiger partial charge in [0.15, 0.2) is 28.8 Å². The molecule has 0 aliphatic carbocycles. The lowest BCUT2D eigenvalue weighted by Crippen LogP contribution is -2.45. The highest BCUT2D eigenvalue weighted by molar-refractivity contribution is 5.94. The summed E-state index contributed by atoms with van der Waals surface area (Å²) >= 11 is 0. The molecule has 5 rings (SSSR count). The fourth-order valence-corrected chi connectivity index (χ4v) is 4.52. The fourth-order valence-electron chi connectivity index (χ4n) is 4.52. The summed E-state index contributed by atoms with van der Waals surface area (Å²) in [6.45, 7) is 0.704. The number of carbonyl (C=O) groups excluding carboxylic acids is 3. The highest BCUT2D eigenvalue weighted by atomic mass is 19.1.